The summed E-state index contributed by atoms with van der Waals surface area (Å²) in [5.74, 6) is 1.21. The van der Waals surface area contributed by atoms with Crippen molar-refractivity contribution in [1.82, 2.24) is 4.90 Å². The van der Waals surface area contributed by atoms with Crippen LogP contribution in [0.4, 0.5) is 5.69 Å². The predicted molar refractivity (Wildman–Crippen MR) is 112 cm³/mol. The van der Waals surface area contributed by atoms with Gasteiger partial charge in [0.25, 0.3) is 0 Å². The third-order valence-corrected chi connectivity index (χ3v) is 7.17. The Morgan fingerprint density at radius 3 is 2.63 bits per heavy atom. The summed E-state index contributed by atoms with van der Waals surface area (Å²) in [6.07, 6.45) is 5.51. The molecule has 2 aromatic carbocycles. The normalized spacial score (nSPS) is 22.9. The van der Waals surface area contributed by atoms with Gasteiger partial charge in [0.1, 0.15) is 0 Å². The van der Waals surface area contributed by atoms with Gasteiger partial charge in [0.2, 0.25) is 0 Å². The molecular formula is C24H30N2O. The molecule has 0 aromatic heterocycles. The fourth-order valence-electron chi connectivity index (χ4n) is 5.27. The van der Waals surface area contributed by atoms with Crippen LogP contribution in [0.25, 0.3) is 10.8 Å². The van der Waals surface area contributed by atoms with E-state index in [1.165, 1.54) is 60.8 Å². The lowest BCUT2D eigenvalue weighted by atomic mass is 9.84. The lowest BCUT2D eigenvalue weighted by Gasteiger charge is -2.31. The number of anilines is 1. The predicted octanol–water partition coefficient (Wildman–Crippen LogP) is 4.63. The third-order valence-electron chi connectivity index (χ3n) is 7.17. The Kier molecular flexibility index (Phi) is 4.05. The second-order valence-electron chi connectivity index (χ2n) is 9.25. The summed E-state index contributed by atoms with van der Waals surface area (Å²) in [7, 11) is 0. The Morgan fingerprint density at radius 2 is 1.85 bits per heavy atom. The summed E-state index contributed by atoms with van der Waals surface area (Å²) in [4.78, 5) is 18.1. The molecule has 0 spiro atoms. The monoisotopic (exact) mass is 362 g/mol. The topological polar surface area (TPSA) is 23.6 Å². The number of Topliss-reactive ketones (excluding diaryl/α,β-unsaturated/α-hetero) is 1. The maximum absolute atomic E-state index is 12.9. The molecule has 1 saturated carbocycles. The number of rotatable bonds is 3. The highest BCUT2D eigenvalue weighted by Gasteiger charge is 2.40. The van der Waals surface area contributed by atoms with E-state index in [1.807, 2.05) is 6.07 Å². The van der Waals surface area contributed by atoms with Gasteiger partial charge >= 0.3 is 0 Å². The zero-order chi connectivity index (χ0) is 18.6. The quantitative estimate of drug-likeness (QED) is 0.796. The molecule has 2 aromatic rings. The highest BCUT2D eigenvalue weighted by molar-refractivity contribution is 6.21. The van der Waals surface area contributed by atoms with Crippen molar-refractivity contribution in [3.63, 3.8) is 0 Å². The van der Waals surface area contributed by atoms with E-state index in [-0.39, 0.29) is 5.78 Å². The van der Waals surface area contributed by atoms with Crippen LogP contribution in [0.15, 0.2) is 30.3 Å². The van der Waals surface area contributed by atoms with E-state index in [1.54, 1.807) is 0 Å². The Balaban J connectivity index is 1.46. The van der Waals surface area contributed by atoms with Gasteiger partial charge in [-0.05, 0) is 62.6 Å². The van der Waals surface area contributed by atoms with Crippen LogP contribution in [0.2, 0.25) is 0 Å². The lowest BCUT2D eigenvalue weighted by Crippen LogP contribution is -2.35. The minimum atomic E-state index is -0.404. The van der Waals surface area contributed by atoms with Gasteiger partial charge < -0.3 is 9.80 Å². The summed E-state index contributed by atoms with van der Waals surface area (Å²) < 4.78 is 0. The first-order valence-corrected chi connectivity index (χ1v) is 10.6. The summed E-state index contributed by atoms with van der Waals surface area (Å²) in [5.41, 5.74) is 3.02. The van der Waals surface area contributed by atoms with Crippen LogP contribution in [0.5, 0.6) is 0 Å². The Bertz CT molecular complexity index is 897. The summed E-state index contributed by atoms with van der Waals surface area (Å²) in [5, 5.41) is 2.46. The van der Waals surface area contributed by atoms with Gasteiger partial charge in [0.15, 0.2) is 5.78 Å². The van der Waals surface area contributed by atoms with Crippen LogP contribution < -0.4 is 4.90 Å². The van der Waals surface area contributed by atoms with Gasteiger partial charge in [-0.2, -0.15) is 0 Å². The minimum absolute atomic E-state index is 0.266. The maximum atomic E-state index is 12.9. The highest BCUT2D eigenvalue weighted by atomic mass is 16.1. The van der Waals surface area contributed by atoms with Crippen molar-refractivity contribution >= 4 is 22.2 Å². The summed E-state index contributed by atoms with van der Waals surface area (Å²) in [6, 6.07) is 10.8. The molecule has 0 unspecified atom stereocenters. The molecule has 2 aliphatic carbocycles. The summed E-state index contributed by atoms with van der Waals surface area (Å²) >= 11 is 0. The number of carbonyl (C=O) groups is 1. The van der Waals surface area contributed by atoms with Crippen molar-refractivity contribution in [3.05, 3.63) is 41.5 Å². The van der Waals surface area contributed by atoms with Crippen molar-refractivity contribution in [2.45, 2.75) is 44.9 Å². The number of benzene rings is 2. The third kappa shape index (κ3) is 2.70. The molecule has 3 nitrogen and oxygen atoms in total. The molecule has 1 saturated heterocycles. The van der Waals surface area contributed by atoms with Gasteiger partial charge in [-0.3, -0.25) is 4.79 Å². The second kappa shape index (κ2) is 6.34. The maximum Gasteiger partial charge on any atom is 0.173 e. The van der Waals surface area contributed by atoms with Crippen molar-refractivity contribution in [3.8, 4) is 0 Å². The molecule has 27 heavy (non-hydrogen) atoms. The first-order chi connectivity index (χ1) is 13.1. The Labute approximate surface area is 162 Å². The first kappa shape index (κ1) is 17.2. The van der Waals surface area contributed by atoms with Gasteiger partial charge in [-0.15, -0.1) is 0 Å². The van der Waals surface area contributed by atoms with Crippen molar-refractivity contribution in [2.75, 3.05) is 37.6 Å². The van der Waals surface area contributed by atoms with Crippen LogP contribution in [-0.4, -0.2) is 43.4 Å². The number of ketones is 1. The van der Waals surface area contributed by atoms with E-state index in [2.05, 4.69) is 47.9 Å². The molecule has 0 radical (unpaired) electrons. The zero-order valence-corrected chi connectivity index (χ0v) is 16.6. The first-order valence-electron chi connectivity index (χ1n) is 10.6. The van der Waals surface area contributed by atoms with Gasteiger partial charge in [-0.25, -0.2) is 0 Å². The summed E-state index contributed by atoms with van der Waals surface area (Å²) in [6.45, 7) is 9.99. The van der Waals surface area contributed by atoms with Crippen molar-refractivity contribution < 1.29 is 4.79 Å². The minimum Gasteiger partial charge on any atom is -0.370 e. The number of carbonyl (C=O) groups excluding carboxylic acids is 1. The van der Waals surface area contributed by atoms with E-state index in [9.17, 15) is 4.79 Å². The van der Waals surface area contributed by atoms with E-state index >= 15 is 0 Å². The van der Waals surface area contributed by atoms with E-state index in [0.29, 0.717) is 0 Å². The molecule has 0 N–H and O–H groups in total. The molecule has 1 heterocycles. The largest absolute Gasteiger partial charge is 0.370 e. The van der Waals surface area contributed by atoms with Crippen LogP contribution in [0, 0.1) is 5.92 Å². The van der Waals surface area contributed by atoms with Crippen LogP contribution in [-0.2, 0) is 5.41 Å². The van der Waals surface area contributed by atoms with Crippen molar-refractivity contribution in [1.29, 1.82) is 0 Å². The molecule has 3 heteroatoms. The number of nitrogens with zero attached hydrogens (tertiary/aromatic N) is 2. The van der Waals surface area contributed by atoms with Gasteiger partial charge in [0, 0.05) is 42.8 Å². The van der Waals surface area contributed by atoms with E-state index < -0.39 is 5.41 Å². The second-order valence-corrected chi connectivity index (χ2v) is 9.25. The zero-order valence-electron chi connectivity index (χ0n) is 16.6. The smallest absolute Gasteiger partial charge is 0.173 e. The number of hydrogen-bond donors (Lipinski definition) is 0. The number of hydrogen-bond acceptors (Lipinski definition) is 3. The Morgan fingerprint density at radius 1 is 1.00 bits per heavy atom. The van der Waals surface area contributed by atoms with Crippen LogP contribution >= 0.6 is 0 Å². The molecule has 142 valence electrons. The fourth-order valence-corrected chi connectivity index (χ4v) is 5.27. The molecule has 0 amide bonds. The molecule has 2 fully saturated rings. The van der Waals surface area contributed by atoms with Gasteiger partial charge in [0.05, 0.1) is 5.41 Å². The Hall–Kier alpha value is -1.87. The molecule has 0 bridgehead atoms. The van der Waals surface area contributed by atoms with Crippen LogP contribution in [0.1, 0.15) is 55.5 Å². The SMILES string of the molecule is CC1(C)C(=O)c2cccc3c(N4CCCN(CC5CCC5)CC4)ccc1c23. The molecular weight excluding hydrogens is 332 g/mol. The van der Waals surface area contributed by atoms with Gasteiger partial charge in [-0.1, -0.05) is 30.7 Å². The standard InChI is InChI=1S/C24H30N2O/c1-24(2)20-10-11-21(18-8-4-9-19(22(18)20)23(24)27)26-13-5-12-25(14-15-26)16-17-6-3-7-17/h4,8-11,17H,3,5-7,12-16H2,1-2H3. The molecule has 3 aliphatic rings. The average molecular weight is 363 g/mol. The molecule has 1 aliphatic heterocycles. The van der Waals surface area contributed by atoms with Crippen LogP contribution in [0.3, 0.4) is 0 Å². The average Bonchev–Trinajstić information content (AvgIpc) is 2.80. The van der Waals surface area contributed by atoms with E-state index in [4.69, 9.17) is 0 Å². The van der Waals surface area contributed by atoms with E-state index in [0.717, 1.165) is 31.1 Å². The highest BCUT2D eigenvalue weighted by Crippen LogP contribution is 2.45. The lowest BCUT2D eigenvalue weighted by molar-refractivity contribution is 0.0920. The molecule has 5 rings (SSSR count). The van der Waals surface area contributed by atoms with Crippen molar-refractivity contribution in [2.24, 2.45) is 5.92 Å². The fraction of sp³-hybridized carbons (Fsp3) is 0.542. The molecule has 0 atom stereocenters.